The number of hydrogen-bond donors (Lipinski definition) is 2. The van der Waals surface area contributed by atoms with Crippen molar-refractivity contribution in [3.63, 3.8) is 0 Å². The first kappa shape index (κ1) is 19.5. The fourth-order valence-corrected chi connectivity index (χ4v) is 6.09. The molecule has 0 fully saturated rings. The minimum atomic E-state index is -3.89. The van der Waals surface area contributed by atoms with Gasteiger partial charge in [-0.05, 0) is 65.1 Å². The SMILES string of the molecule is O=C1CCc2cc(S(=O)(=O)NC[C@](O)(c3ccsc3)c3ccco3)cc3c2N1CC3. The van der Waals surface area contributed by atoms with Crippen molar-refractivity contribution in [3.8, 4) is 0 Å². The van der Waals surface area contributed by atoms with Crippen LogP contribution in [0.4, 0.5) is 5.69 Å². The maximum atomic E-state index is 13.1. The van der Waals surface area contributed by atoms with Crippen LogP contribution in [-0.2, 0) is 33.3 Å². The van der Waals surface area contributed by atoms with E-state index < -0.39 is 15.6 Å². The number of nitrogens with one attached hydrogen (secondary N) is 1. The molecule has 1 aromatic carbocycles. The van der Waals surface area contributed by atoms with Crippen LogP contribution in [0.1, 0.15) is 28.9 Å². The molecule has 1 atom stereocenters. The molecule has 2 aliphatic rings. The Morgan fingerprint density at radius 3 is 2.70 bits per heavy atom. The van der Waals surface area contributed by atoms with Crippen LogP contribution in [0.3, 0.4) is 0 Å². The highest BCUT2D eigenvalue weighted by Crippen LogP contribution is 2.38. The molecule has 4 heterocycles. The number of aryl methyl sites for hydroxylation is 1. The number of furan rings is 1. The third kappa shape index (κ3) is 3.09. The topological polar surface area (TPSA) is 99.8 Å². The molecular weight excluding hydrogens is 424 g/mol. The van der Waals surface area contributed by atoms with Gasteiger partial charge < -0.3 is 14.4 Å². The molecule has 7 nitrogen and oxygen atoms in total. The monoisotopic (exact) mass is 444 g/mol. The Morgan fingerprint density at radius 2 is 2.00 bits per heavy atom. The molecule has 0 saturated carbocycles. The molecule has 0 unspecified atom stereocenters. The first-order valence-corrected chi connectivity index (χ1v) is 12.1. The molecule has 0 spiro atoms. The second kappa shape index (κ2) is 7.05. The van der Waals surface area contributed by atoms with Crippen LogP contribution in [0.25, 0.3) is 0 Å². The average Bonchev–Trinajstić information content (AvgIpc) is 3.50. The van der Waals surface area contributed by atoms with Gasteiger partial charge in [0.15, 0.2) is 5.60 Å². The van der Waals surface area contributed by atoms with Gasteiger partial charge in [-0.1, -0.05) is 0 Å². The van der Waals surface area contributed by atoms with Gasteiger partial charge in [0.05, 0.1) is 23.4 Å². The Balaban J connectivity index is 1.46. The predicted molar refractivity (Wildman–Crippen MR) is 112 cm³/mol. The van der Waals surface area contributed by atoms with Crippen LogP contribution in [0.5, 0.6) is 0 Å². The summed E-state index contributed by atoms with van der Waals surface area (Å²) in [4.78, 5) is 14.0. The zero-order chi connectivity index (χ0) is 20.9. The molecule has 2 aromatic heterocycles. The molecule has 2 aliphatic heterocycles. The predicted octanol–water partition coefficient (Wildman–Crippen LogP) is 2.39. The Labute approximate surface area is 178 Å². The Hall–Kier alpha value is -2.46. The van der Waals surface area contributed by atoms with Crippen molar-refractivity contribution in [2.24, 2.45) is 0 Å². The minimum absolute atomic E-state index is 0.0919. The van der Waals surface area contributed by atoms with E-state index in [4.69, 9.17) is 4.42 Å². The molecular formula is C21H20N2O5S2. The van der Waals surface area contributed by atoms with Crippen LogP contribution < -0.4 is 9.62 Å². The smallest absolute Gasteiger partial charge is 0.240 e. The number of carbonyl (C=O) groups excluding carboxylic acids is 1. The summed E-state index contributed by atoms with van der Waals surface area (Å²) in [6.45, 7) is 0.325. The highest BCUT2D eigenvalue weighted by Gasteiger charge is 2.37. The Kier molecular flexibility index (Phi) is 4.59. The fourth-order valence-electron chi connectivity index (χ4n) is 4.21. The van der Waals surface area contributed by atoms with Gasteiger partial charge in [-0.2, -0.15) is 11.3 Å². The normalized spacial score (nSPS) is 17.8. The lowest BCUT2D eigenvalue weighted by Gasteiger charge is -2.27. The summed E-state index contributed by atoms with van der Waals surface area (Å²) in [6, 6.07) is 8.29. The van der Waals surface area contributed by atoms with E-state index in [9.17, 15) is 18.3 Å². The lowest BCUT2D eigenvalue weighted by Crippen LogP contribution is -2.41. The van der Waals surface area contributed by atoms with Crippen LogP contribution in [0, 0.1) is 0 Å². The molecule has 9 heteroatoms. The third-order valence-electron chi connectivity index (χ3n) is 5.78. The van der Waals surface area contributed by atoms with Gasteiger partial charge in [0.25, 0.3) is 0 Å². The van der Waals surface area contributed by atoms with Gasteiger partial charge in [0.1, 0.15) is 5.76 Å². The summed E-state index contributed by atoms with van der Waals surface area (Å²) in [7, 11) is -3.89. The van der Waals surface area contributed by atoms with Gasteiger partial charge in [-0.3, -0.25) is 4.79 Å². The number of aliphatic hydroxyl groups is 1. The molecule has 5 rings (SSSR count). The zero-order valence-electron chi connectivity index (χ0n) is 16.0. The number of thiophene rings is 1. The van der Waals surface area contributed by atoms with Gasteiger partial charge in [-0.15, -0.1) is 0 Å². The van der Waals surface area contributed by atoms with E-state index >= 15 is 0 Å². The molecule has 0 bridgehead atoms. The van der Waals surface area contributed by atoms with Crippen LogP contribution >= 0.6 is 11.3 Å². The van der Waals surface area contributed by atoms with Crippen molar-refractivity contribution in [2.75, 3.05) is 18.0 Å². The largest absolute Gasteiger partial charge is 0.466 e. The standard InChI is InChI=1S/C21H20N2O5S2/c24-19-4-3-14-10-17(11-15-5-7-23(19)20(14)15)30(26,27)22-13-21(25,16-6-9-29-12-16)18-2-1-8-28-18/h1-2,6,8-12,22,25H,3-5,7,13H2/t21-/m0/s1. The van der Waals surface area contributed by atoms with E-state index in [1.165, 1.54) is 17.6 Å². The molecule has 0 saturated heterocycles. The lowest BCUT2D eigenvalue weighted by molar-refractivity contribution is -0.118. The lowest BCUT2D eigenvalue weighted by atomic mass is 9.94. The second-order valence-corrected chi connectivity index (χ2v) is 10.1. The van der Waals surface area contributed by atoms with Crippen molar-refractivity contribution >= 4 is 33.0 Å². The van der Waals surface area contributed by atoms with E-state index in [0.29, 0.717) is 31.4 Å². The molecule has 1 amide bonds. The highest BCUT2D eigenvalue weighted by atomic mass is 32.2. The number of nitrogens with zero attached hydrogens (tertiary/aromatic N) is 1. The number of carbonyl (C=O) groups is 1. The Morgan fingerprint density at radius 1 is 1.20 bits per heavy atom. The minimum Gasteiger partial charge on any atom is -0.466 e. The maximum absolute atomic E-state index is 13.1. The van der Waals surface area contributed by atoms with Crippen LogP contribution in [0.2, 0.25) is 0 Å². The fraction of sp³-hybridized carbons (Fsp3) is 0.286. The van der Waals surface area contributed by atoms with Crippen molar-refractivity contribution in [1.29, 1.82) is 0 Å². The highest BCUT2D eigenvalue weighted by molar-refractivity contribution is 7.89. The van der Waals surface area contributed by atoms with Crippen LogP contribution in [0.15, 0.2) is 56.7 Å². The summed E-state index contributed by atoms with van der Waals surface area (Å²) in [5.74, 6) is 0.357. The quantitative estimate of drug-likeness (QED) is 0.608. The average molecular weight is 445 g/mol. The number of benzene rings is 1. The molecule has 30 heavy (non-hydrogen) atoms. The number of hydrogen-bond acceptors (Lipinski definition) is 6. The molecule has 0 radical (unpaired) electrons. The zero-order valence-corrected chi connectivity index (χ0v) is 17.6. The van der Waals surface area contributed by atoms with E-state index in [1.54, 1.807) is 40.6 Å². The molecule has 156 valence electrons. The number of amides is 1. The maximum Gasteiger partial charge on any atom is 0.240 e. The van der Waals surface area contributed by atoms with Crippen molar-refractivity contribution in [2.45, 2.75) is 29.8 Å². The molecule has 0 aliphatic carbocycles. The number of anilines is 1. The first-order valence-electron chi connectivity index (χ1n) is 9.63. The molecule has 2 N–H and O–H groups in total. The van der Waals surface area contributed by atoms with Crippen molar-refractivity contribution in [1.82, 2.24) is 4.72 Å². The summed E-state index contributed by atoms with van der Waals surface area (Å²) in [5.41, 5.74) is 1.56. The first-order chi connectivity index (χ1) is 14.4. The van der Waals surface area contributed by atoms with E-state index in [2.05, 4.69) is 4.72 Å². The van der Waals surface area contributed by atoms with Gasteiger partial charge in [-0.25, -0.2) is 13.1 Å². The summed E-state index contributed by atoms with van der Waals surface area (Å²) < 4.78 is 34.2. The summed E-state index contributed by atoms with van der Waals surface area (Å²) in [5, 5.41) is 14.9. The number of sulfonamides is 1. The second-order valence-electron chi connectivity index (χ2n) is 7.56. The van der Waals surface area contributed by atoms with Gasteiger partial charge in [0, 0.05) is 18.5 Å². The van der Waals surface area contributed by atoms with Gasteiger partial charge in [0.2, 0.25) is 15.9 Å². The Bertz CT molecular complexity index is 1170. The van der Waals surface area contributed by atoms with Crippen LogP contribution in [-0.4, -0.2) is 32.5 Å². The van der Waals surface area contributed by atoms with E-state index in [1.807, 2.05) is 5.38 Å². The van der Waals surface area contributed by atoms with Crippen molar-refractivity contribution in [3.05, 3.63) is 69.8 Å². The van der Waals surface area contributed by atoms with Crippen molar-refractivity contribution < 1.29 is 22.7 Å². The molecule has 3 aromatic rings. The summed E-state index contributed by atoms with van der Waals surface area (Å²) in [6.07, 6.45) is 3.01. The van der Waals surface area contributed by atoms with Gasteiger partial charge >= 0.3 is 0 Å². The third-order valence-corrected chi connectivity index (χ3v) is 7.85. The number of rotatable bonds is 6. The van der Waals surface area contributed by atoms with E-state index in [0.717, 1.165) is 16.8 Å². The van der Waals surface area contributed by atoms with E-state index in [-0.39, 0.29) is 23.1 Å². The summed E-state index contributed by atoms with van der Waals surface area (Å²) >= 11 is 1.41.